The molecule has 0 radical (unpaired) electrons. The Morgan fingerprint density at radius 1 is 1.05 bits per heavy atom. The molecule has 4 rings (SSSR count). The lowest BCUT2D eigenvalue weighted by atomic mass is 10.1. The second-order valence-electron chi connectivity index (χ2n) is 8.90. The number of rotatable bonds is 11. The molecule has 1 aromatic heterocycles. The average Bonchev–Trinajstić information content (AvgIpc) is 3.36. The van der Waals surface area contributed by atoms with Crippen LogP contribution in [0, 0.1) is 6.92 Å². The Hall–Kier alpha value is -2.29. The summed E-state index contributed by atoms with van der Waals surface area (Å²) >= 11 is 3.12. The molecule has 2 heterocycles. The number of hydrogen-bond acceptors (Lipinski definition) is 8. The lowest BCUT2D eigenvalue weighted by molar-refractivity contribution is -0.750. The lowest BCUT2D eigenvalue weighted by Gasteiger charge is -2.22. The molecule has 13 heteroatoms. The smallest absolute Gasteiger partial charge is 0.289 e. The topological polar surface area (TPSA) is 129 Å². The van der Waals surface area contributed by atoms with Gasteiger partial charge in [-0.1, -0.05) is 53.7 Å². The molecule has 204 valence electrons. The third kappa shape index (κ3) is 7.42. The Kier molecular flexibility index (Phi) is 8.95. The van der Waals surface area contributed by atoms with Gasteiger partial charge in [-0.2, -0.15) is 16.8 Å². The lowest BCUT2D eigenvalue weighted by Crippen LogP contribution is -2.39. The molecule has 0 atom stereocenters. The van der Waals surface area contributed by atoms with Gasteiger partial charge in [0.2, 0.25) is 0 Å². The summed E-state index contributed by atoms with van der Waals surface area (Å²) in [4.78, 5) is 3.20. The highest BCUT2D eigenvalue weighted by Gasteiger charge is 2.28. The van der Waals surface area contributed by atoms with Crippen LogP contribution in [-0.4, -0.2) is 49.1 Å². The Balaban J connectivity index is 1.68. The second-order valence-corrected chi connectivity index (χ2v) is 14.3. The van der Waals surface area contributed by atoms with Crippen molar-refractivity contribution in [3.8, 4) is 0 Å². The van der Waals surface area contributed by atoms with E-state index in [0.717, 1.165) is 48.4 Å². The van der Waals surface area contributed by atoms with Crippen molar-refractivity contribution in [2.45, 2.75) is 44.6 Å². The highest BCUT2D eigenvalue weighted by atomic mass is 32.2. The summed E-state index contributed by atoms with van der Waals surface area (Å²) in [7, 11) is -8.10. The minimum absolute atomic E-state index is 0.246. The van der Waals surface area contributed by atoms with Crippen molar-refractivity contribution < 1.29 is 30.6 Å². The van der Waals surface area contributed by atoms with Gasteiger partial charge in [0.1, 0.15) is 0 Å². The van der Waals surface area contributed by atoms with E-state index in [9.17, 15) is 21.4 Å². The van der Waals surface area contributed by atoms with Crippen molar-refractivity contribution >= 4 is 65.9 Å². The van der Waals surface area contributed by atoms with Crippen molar-refractivity contribution in [2.75, 3.05) is 23.0 Å². The largest absolute Gasteiger partial charge is 0.334 e. The van der Waals surface area contributed by atoms with E-state index in [4.69, 9.17) is 4.55 Å². The van der Waals surface area contributed by atoms with Crippen molar-refractivity contribution in [1.82, 2.24) is 5.10 Å². The summed E-state index contributed by atoms with van der Waals surface area (Å²) < 4.78 is 65.1. The van der Waals surface area contributed by atoms with Crippen LogP contribution in [0.3, 0.4) is 0 Å². The SMILES string of the molecule is CCC(=Cc1sc(C)n[n+]1CCCS(=O)(=O)O)C=C1Sc2ccc3ccccc3c2N1CCCS(=O)(=O)O. The van der Waals surface area contributed by atoms with E-state index < -0.39 is 20.2 Å². The monoisotopic (exact) mass is 596 g/mol. The molecule has 0 spiro atoms. The standard InChI is InChI=1S/C25H29N3O6S4/c1-3-19(17-24-28(26-18(2)35-24)13-7-15-38(32,33)34)16-23-27(12-6-14-37(29,30)31)25-21-9-5-4-8-20(21)10-11-22(25)36-23/h4-5,8-11,16-17H,3,6-7,12-15H2,1-2H3,(H-,29,30,31,32,33,34)/p+1. The minimum atomic E-state index is -4.07. The highest BCUT2D eigenvalue weighted by molar-refractivity contribution is 8.03. The van der Waals surface area contributed by atoms with Gasteiger partial charge in [-0.25, -0.2) is 0 Å². The van der Waals surface area contributed by atoms with Gasteiger partial charge in [-0.15, -0.1) is 0 Å². The summed E-state index contributed by atoms with van der Waals surface area (Å²) in [6.07, 6.45) is 5.36. The number of allylic oxidation sites excluding steroid dienone is 2. The number of benzene rings is 2. The fraction of sp³-hybridized carbons (Fsp3) is 0.360. The number of fused-ring (bicyclic) bond motifs is 3. The van der Waals surface area contributed by atoms with Crippen LogP contribution < -0.4 is 9.58 Å². The number of thioether (sulfide) groups is 1. The maximum absolute atomic E-state index is 11.4. The van der Waals surface area contributed by atoms with Crippen molar-refractivity contribution in [2.24, 2.45) is 0 Å². The zero-order valence-electron chi connectivity index (χ0n) is 21.1. The molecular formula is C25H30N3O6S4+. The molecule has 0 bridgehead atoms. The number of aryl methyl sites for hydroxylation is 2. The normalized spacial score (nSPS) is 15.5. The number of aromatic nitrogens is 2. The maximum atomic E-state index is 11.4. The third-order valence-corrected chi connectivity index (χ3v) is 9.59. The van der Waals surface area contributed by atoms with Crippen LogP contribution in [0.25, 0.3) is 16.8 Å². The predicted molar refractivity (Wildman–Crippen MR) is 153 cm³/mol. The first kappa shape index (κ1) is 28.7. The van der Waals surface area contributed by atoms with Crippen molar-refractivity contribution in [3.63, 3.8) is 0 Å². The highest BCUT2D eigenvalue weighted by Crippen LogP contribution is 2.50. The van der Waals surface area contributed by atoms with Gasteiger partial charge in [0.15, 0.2) is 11.6 Å². The van der Waals surface area contributed by atoms with Gasteiger partial charge in [-0.3, -0.25) is 9.11 Å². The van der Waals surface area contributed by atoms with Crippen molar-refractivity contribution in [3.05, 3.63) is 63.1 Å². The van der Waals surface area contributed by atoms with E-state index in [0.29, 0.717) is 13.1 Å². The van der Waals surface area contributed by atoms with Crippen LogP contribution >= 0.6 is 23.1 Å². The van der Waals surface area contributed by atoms with Crippen LogP contribution in [0.5, 0.6) is 0 Å². The first-order chi connectivity index (χ1) is 17.9. The molecule has 1 aliphatic heterocycles. The van der Waals surface area contributed by atoms with E-state index in [1.165, 1.54) is 11.3 Å². The predicted octanol–water partition coefficient (Wildman–Crippen LogP) is 4.70. The van der Waals surface area contributed by atoms with Gasteiger partial charge >= 0.3 is 0 Å². The molecule has 0 saturated carbocycles. The van der Waals surface area contributed by atoms with Gasteiger partial charge in [0.05, 0.1) is 22.2 Å². The summed E-state index contributed by atoms with van der Waals surface area (Å²) in [6.45, 7) is 4.71. The quantitative estimate of drug-likeness (QED) is 0.239. The van der Waals surface area contributed by atoms with Crippen LogP contribution in [0.15, 0.2) is 58.0 Å². The van der Waals surface area contributed by atoms with E-state index in [-0.39, 0.29) is 24.3 Å². The summed E-state index contributed by atoms with van der Waals surface area (Å²) in [6, 6.07) is 12.2. The Labute approximate surface area is 231 Å². The summed E-state index contributed by atoms with van der Waals surface area (Å²) in [5.41, 5.74) is 2.05. The van der Waals surface area contributed by atoms with Gasteiger partial charge in [0.25, 0.3) is 25.2 Å². The first-order valence-electron chi connectivity index (χ1n) is 12.1. The summed E-state index contributed by atoms with van der Waals surface area (Å²) in [5.74, 6) is -0.645. The molecule has 1 aliphatic rings. The fourth-order valence-corrected chi connectivity index (χ4v) is 7.33. The van der Waals surface area contributed by atoms with Gasteiger partial charge in [-0.05, 0) is 54.2 Å². The number of hydrogen-bond donors (Lipinski definition) is 2. The van der Waals surface area contributed by atoms with E-state index in [2.05, 4.69) is 34.3 Å². The first-order valence-corrected chi connectivity index (χ1v) is 17.0. The third-order valence-electron chi connectivity index (χ3n) is 5.96. The van der Waals surface area contributed by atoms with E-state index in [1.54, 1.807) is 16.4 Å². The molecule has 0 unspecified atom stereocenters. The fourth-order valence-electron chi connectivity index (χ4n) is 4.28. The number of anilines is 1. The molecule has 0 aliphatic carbocycles. The molecular weight excluding hydrogens is 567 g/mol. The zero-order valence-corrected chi connectivity index (χ0v) is 24.3. The van der Waals surface area contributed by atoms with E-state index >= 15 is 0 Å². The molecule has 9 nitrogen and oxygen atoms in total. The Bertz CT molecular complexity index is 1610. The number of nitrogens with zero attached hydrogens (tertiary/aromatic N) is 3. The maximum Gasteiger partial charge on any atom is 0.289 e. The molecule has 38 heavy (non-hydrogen) atoms. The molecule has 3 aromatic rings. The second kappa shape index (κ2) is 11.8. The Morgan fingerprint density at radius 3 is 2.47 bits per heavy atom. The Morgan fingerprint density at radius 2 is 1.76 bits per heavy atom. The average molecular weight is 597 g/mol. The minimum Gasteiger partial charge on any atom is -0.334 e. The van der Waals surface area contributed by atoms with Crippen molar-refractivity contribution in [1.29, 1.82) is 0 Å². The van der Waals surface area contributed by atoms with Gasteiger partial charge in [0, 0.05) is 34.4 Å². The zero-order chi connectivity index (χ0) is 27.5. The summed E-state index contributed by atoms with van der Waals surface area (Å²) in [5, 5.41) is 9.32. The molecule has 0 amide bonds. The van der Waals surface area contributed by atoms with Crippen LogP contribution in [0.1, 0.15) is 36.2 Å². The van der Waals surface area contributed by atoms with E-state index in [1.807, 2.05) is 38.1 Å². The van der Waals surface area contributed by atoms with Crippen LogP contribution in [-0.2, 0) is 26.8 Å². The van der Waals surface area contributed by atoms with Crippen LogP contribution in [0.4, 0.5) is 5.69 Å². The van der Waals surface area contributed by atoms with Gasteiger partial charge < -0.3 is 4.90 Å². The molecule has 2 aromatic carbocycles. The molecule has 0 saturated heterocycles. The molecule has 2 N–H and O–H groups in total. The van der Waals surface area contributed by atoms with Crippen LogP contribution in [0.2, 0.25) is 0 Å². The molecule has 0 fully saturated rings.